The van der Waals surface area contributed by atoms with Gasteiger partial charge in [-0.1, -0.05) is 6.07 Å². The van der Waals surface area contributed by atoms with Crippen LogP contribution in [0.5, 0.6) is 11.5 Å². The van der Waals surface area contributed by atoms with E-state index < -0.39 is 17.7 Å². The summed E-state index contributed by atoms with van der Waals surface area (Å²) in [6.45, 7) is 0.201. The van der Waals surface area contributed by atoms with E-state index in [0.717, 1.165) is 0 Å². The number of anilines is 3. The van der Waals surface area contributed by atoms with E-state index in [2.05, 4.69) is 10.6 Å². The van der Waals surface area contributed by atoms with Crippen molar-refractivity contribution in [1.82, 2.24) is 4.90 Å². The van der Waals surface area contributed by atoms with Gasteiger partial charge >= 0.3 is 5.97 Å². The van der Waals surface area contributed by atoms with E-state index in [1.807, 2.05) is 0 Å². The molecule has 11 heteroatoms. The van der Waals surface area contributed by atoms with Gasteiger partial charge in [0.1, 0.15) is 5.82 Å². The molecule has 0 unspecified atom stereocenters. The fraction of sp³-hybridized carbons (Fsp3) is 0.207. The van der Waals surface area contributed by atoms with Crippen molar-refractivity contribution in [3.63, 3.8) is 0 Å². The second kappa shape index (κ2) is 10.7. The topological polar surface area (TPSA) is 109 Å². The molecule has 2 aliphatic rings. The standard InChI is InChI=1S/C29H27FN4O6/c1-33(2)14-25(35)34(3)22-9-7-18(13-20(22)30)31-27(16-6-10-23-24(12-16)40-15-39-23)26-19-8-5-17(29(37)38-4)11-21(19)32-28(26)36/h5-13,31H,14-15H2,1-4H3,(H,32,36)/b27-26-. The predicted molar refractivity (Wildman–Crippen MR) is 148 cm³/mol. The molecule has 2 N–H and O–H groups in total. The first-order valence-corrected chi connectivity index (χ1v) is 12.3. The zero-order valence-corrected chi connectivity index (χ0v) is 22.3. The van der Waals surface area contributed by atoms with Crippen molar-refractivity contribution in [2.75, 3.05) is 57.1 Å². The Morgan fingerprint density at radius 2 is 1.75 bits per heavy atom. The first kappa shape index (κ1) is 26.7. The molecule has 40 heavy (non-hydrogen) atoms. The van der Waals surface area contributed by atoms with Gasteiger partial charge in [0, 0.05) is 23.9 Å². The lowest BCUT2D eigenvalue weighted by atomic mass is 9.98. The largest absolute Gasteiger partial charge is 0.465 e. The highest BCUT2D eigenvalue weighted by molar-refractivity contribution is 6.37. The molecule has 0 radical (unpaired) electrons. The predicted octanol–water partition coefficient (Wildman–Crippen LogP) is 3.80. The molecule has 2 heterocycles. The number of nitrogens with zero attached hydrogens (tertiary/aromatic N) is 2. The fourth-order valence-electron chi connectivity index (χ4n) is 4.51. The Morgan fingerprint density at radius 3 is 2.48 bits per heavy atom. The molecule has 0 bridgehead atoms. The summed E-state index contributed by atoms with van der Waals surface area (Å²) in [7, 11) is 6.31. The highest BCUT2D eigenvalue weighted by Crippen LogP contribution is 2.41. The van der Waals surface area contributed by atoms with Gasteiger partial charge in [0.15, 0.2) is 11.5 Å². The van der Waals surface area contributed by atoms with Crippen molar-refractivity contribution >= 4 is 46.1 Å². The van der Waals surface area contributed by atoms with E-state index in [4.69, 9.17) is 14.2 Å². The van der Waals surface area contributed by atoms with Crippen LogP contribution in [0.25, 0.3) is 11.3 Å². The third-order valence-electron chi connectivity index (χ3n) is 6.50. The van der Waals surface area contributed by atoms with Gasteiger partial charge in [0.2, 0.25) is 12.7 Å². The molecule has 5 rings (SSSR count). The summed E-state index contributed by atoms with van der Waals surface area (Å²) in [4.78, 5) is 40.7. The molecule has 0 saturated heterocycles. The normalized spacial score (nSPS) is 14.5. The number of hydrogen-bond acceptors (Lipinski definition) is 8. The number of hydrogen-bond donors (Lipinski definition) is 2. The highest BCUT2D eigenvalue weighted by atomic mass is 19.1. The molecule has 2 amide bonds. The molecule has 0 atom stereocenters. The van der Waals surface area contributed by atoms with Crippen LogP contribution in [0, 0.1) is 5.82 Å². The minimum Gasteiger partial charge on any atom is -0.465 e. The molecule has 0 saturated carbocycles. The Balaban J connectivity index is 1.57. The summed E-state index contributed by atoms with van der Waals surface area (Å²) in [5.41, 5.74) is 2.98. The number of amides is 2. The summed E-state index contributed by atoms with van der Waals surface area (Å²) in [6, 6.07) is 14.4. The lowest BCUT2D eigenvalue weighted by Gasteiger charge is -2.21. The van der Waals surface area contributed by atoms with Gasteiger partial charge < -0.3 is 34.6 Å². The quantitative estimate of drug-likeness (QED) is 0.340. The maximum absolute atomic E-state index is 15.3. The third-order valence-corrected chi connectivity index (χ3v) is 6.50. The van der Waals surface area contributed by atoms with Crippen LogP contribution in [-0.4, -0.2) is 64.3 Å². The van der Waals surface area contributed by atoms with Gasteiger partial charge in [-0.3, -0.25) is 9.59 Å². The van der Waals surface area contributed by atoms with E-state index in [9.17, 15) is 14.4 Å². The zero-order chi connectivity index (χ0) is 28.6. The molecule has 0 fully saturated rings. The number of esters is 1. The Hall–Kier alpha value is -4.90. The lowest BCUT2D eigenvalue weighted by Crippen LogP contribution is -2.35. The fourth-order valence-corrected chi connectivity index (χ4v) is 4.51. The van der Waals surface area contributed by atoms with Crippen molar-refractivity contribution in [3.8, 4) is 11.5 Å². The summed E-state index contributed by atoms with van der Waals surface area (Å²) in [6.07, 6.45) is 0. The monoisotopic (exact) mass is 546 g/mol. The van der Waals surface area contributed by atoms with E-state index in [0.29, 0.717) is 39.7 Å². The number of halogens is 1. The van der Waals surface area contributed by atoms with E-state index in [1.54, 1.807) is 61.5 Å². The summed E-state index contributed by atoms with van der Waals surface area (Å²) in [5.74, 6) is -0.768. The minimum absolute atomic E-state index is 0.0739. The van der Waals surface area contributed by atoms with Gasteiger partial charge in [-0.15, -0.1) is 0 Å². The maximum Gasteiger partial charge on any atom is 0.337 e. The van der Waals surface area contributed by atoms with E-state index in [-0.39, 0.29) is 36.1 Å². The molecular weight excluding hydrogens is 519 g/mol. The molecule has 206 valence electrons. The number of benzene rings is 3. The van der Waals surface area contributed by atoms with Crippen LogP contribution in [0.1, 0.15) is 21.5 Å². The number of carbonyl (C=O) groups is 3. The van der Waals surface area contributed by atoms with Crippen LogP contribution in [0.2, 0.25) is 0 Å². The van der Waals surface area contributed by atoms with Gasteiger partial charge in [-0.25, -0.2) is 9.18 Å². The average Bonchev–Trinajstić information content (AvgIpc) is 3.53. The first-order chi connectivity index (χ1) is 19.2. The zero-order valence-electron chi connectivity index (χ0n) is 22.3. The van der Waals surface area contributed by atoms with Gasteiger partial charge in [-0.05, 0) is 62.6 Å². The molecule has 0 spiro atoms. The summed E-state index contributed by atoms with van der Waals surface area (Å²) in [5, 5.41) is 5.99. The number of carbonyl (C=O) groups excluding carboxylic acids is 3. The van der Waals surface area contributed by atoms with Gasteiger partial charge in [-0.2, -0.15) is 0 Å². The van der Waals surface area contributed by atoms with Crippen molar-refractivity contribution < 1.29 is 33.0 Å². The van der Waals surface area contributed by atoms with E-state index >= 15 is 4.39 Å². The van der Waals surface area contributed by atoms with Crippen LogP contribution in [0.4, 0.5) is 21.5 Å². The first-order valence-electron chi connectivity index (χ1n) is 12.3. The smallest absolute Gasteiger partial charge is 0.337 e. The molecule has 3 aromatic carbocycles. The van der Waals surface area contributed by atoms with Crippen LogP contribution in [0.15, 0.2) is 54.6 Å². The average molecular weight is 547 g/mol. The molecule has 0 aliphatic carbocycles. The van der Waals surface area contributed by atoms with Crippen LogP contribution in [-0.2, 0) is 14.3 Å². The van der Waals surface area contributed by atoms with Gasteiger partial charge in [0.25, 0.3) is 5.91 Å². The minimum atomic E-state index is -0.617. The Morgan fingerprint density at radius 1 is 1.00 bits per heavy atom. The second-order valence-corrected chi connectivity index (χ2v) is 9.51. The van der Waals surface area contributed by atoms with Crippen molar-refractivity contribution in [1.29, 1.82) is 0 Å². The Kier molecular flexibility index (Phi) is 7.14. The van der Waals surface area contributed by atoms with Crippen LogP contribution < -0.4 is 25.0 Å². The molecule has 0 aromatic heterocycles. The van der Waals surface area contributed by atoms with E-state index in [1.165, 1.54) is 31.2 Å². The second-order valence-electron chi connectivity index (χ2n) is 9.51. The van der Waals surface area contributed by atoms with Crippen LogP contribution in [0.3, 0.4) is 0 Å². The number of likely N-dealkylation sites (N-methyl/N-ethyl adjacent to an activating group) is 2. The molecule has 2 aliphatic heterocycles. The highest BCUT2D eigenvalue weighted by Gasteiger charge is 2.30. The number of fused-ring (bicyclic) bond motifs is 2. The van der Waals surface area contributed by atoms with Crippen molar-refractivity contribution in [2.45, 2.75) is 0 Å². The molecule has 10 nitrogen and oxygen atoms in total. The lowest BCUT2D eigenvalue weighted by molar-refractivity contribution is -0.119. The number of nitrogens with one attached hydrogen (secondary N) is 2. The van der Waals surface area contributed by atoms with Crippen molar-refractivity contribution in [2.24, 2.45) is 0 Å². The van der Waals surface area contributed by atoms with Gasteiger partial charge in [0.05, 0.1) is 41.9 Å². The summed E-state index contributed by atoms with van der Waals surface area (Å²) < 4.78 is 31.0. The maximum atomic E-state index is 15.3. The number of rotatable bonds is 7. The van der Waals surface area contributed by atoms with Crippen LogP contribution >= 0.6 is 0 Å². The Labute approximate surface area is 229 Å². The Bertz CT molecular complexity index is 1570. The SMILES string of the molecule is COC(=O)c1ccc2c(c1)NC(=O)/C2=C(\Nc1ccc(N(C)C(=O)CN(C)C)c(F)c1)c1ccc2c(c1)OCO2. The number of ether oxygens (including phenoxy) is 3. The van der Waals surface area contributed by atoms with Crippen molar-refractivity contribution in [3.05, 3.63) is 77.1 Å². The number of methoxy groups -OCH3 is 1. The molecule has 3 aromatic rings. The summed E-state index contributed by atoms with van der Waals surface area (Å²) >= 11 is 0. The third kappa shape index (κ3) is 5.06. The molecular formula is C29H27FN4O6.